The van der Waals surface area contributed by atoms with E-state index in [-0.39, 0.29) is 11.9 Å². The van der Waals surface area contributed by atoms with E-state index in [1.165, 1.54) is 11.6 Å². The van der Waals surface area contributed by atoms with Crippen LogP contribution in [0.2, 0.25) is 0 Å². The molecular formula is C18H22FNO. The Bertz CT molecular complexity index is 580. The normalized spacial score (nSPS) is 12.2. The summed E-state index contributed by atoms with van der Waals surface area (Å²) in [7, 11) is 1.93. The summed E-state index contributed by atoms with van der Waals surface area (Å²) in [4.78, 5) is 0. The number of hydrogen-bond donors (Lipinski definition) is 1. The van der Waals surface area contributed by atoms with Crippen molar-refractivity contribution < 1.29 is 9.13 Å². The summed E-state index contributed by atoms with van der Waals surface area (Å²) >= 11 is 0. The van der Waals surface area contributed by atoms with Crippen LogP contribution in [0.5, 0.6) is 5.75 Å². The van der Waals surface area contributed by atoms with E-state index in [0.29, 0.717) is 6.61 Å². The number of halogens is 1. The topological polar surface area (TPSA) is 21.3 Å². The Balaban J connectivity index is 2.17. The predicted molar refractivity (Wildman–Crippen MR) is 84.3 cm³/mol. The average Bonchev–Trinajstić information content (AvgIpc) is 2.49. The zero-order chi connectivity index (χ0) is 15.2. The van der Waals surface area contributed by atoms with Gasteiger partial charge in [0.25, 0.3) is 0 Å². The zero-order valence-corrected chi connectivity index (χ0v) is 12.8. The SMILES string of the molecule is CCOc1ccc(C(Cc2cc(F)ccc2C)NC)cc1. The largest absolute Gasteiger partial charge is 0.494 e. The zero-order valence-electron chi connectivity index (χ0n) is 12.8. The molecule has 0 aliphatic carbocycles. The molecule has 21 heavy (non-hydrogen) atoms. The van der Waals surface area contributed by atoms with Crippen LogP contribution in [0, 0.1) is 12.7 Å². The molecule has 1 atom stereocenters. The van der Waals surface area contributed by atoms with Crippen LogP contribution in [0.25, 0.3) is 0 Å². The first kappa shape index (κ1) is 15.5. The van der Waals surface area contributed by atoms with Crippen molar-refractivity contribution in [2.45, 2.75) is 26.3 Å². The minimum Gasteiger partial charge on any atom is -0.494 e. The molecule has 0 aliphatic rings. The van der Waals surface area contributed by atoms with Crippen molar-refractivity contribution in [1.29, 1.82) is 0 Å². The van der Waals surface area contributed by atoms with E-state index in [1.807, 2.05) is 39.1 Å². The third-order valence-electron chi connectivity index (χ3n) is 3.68. The van der Waals surface area contributed by atoms with Gasteiger partial charge in [-0.1, -0.05) is 18.2 Å². The first-order valence-electron chi connectivity index (χ1n) is 7.29. The first-order chi connectivity index (χ1) is 10.1. The molecule has 2 nitrogen and oxygen atoms in total. The van der Waals surface area contributed by atoms with E-state index in [0.717, 1.165) is 23.3 Å². The molecule has 0 spiro atoms. The van der Waals surface area contributed by atoms with Gasteiger partial charge in [-0.15, -0.1) is 0 Å². The highest BCUT2D eigenvalue weighted by Crippen LogP contribution is 2.23. The maximum absolute atomic E-state index is 13.4. The lowest BCUT2D eigenvalue weighted by atomic mass is 9.96. The van der Waals surface area contributed by atoms with Gasteiger partial charge in [0, 0.05) is 6.04 Å². The molecule has 0 saturated heterocycles. The number of rotatable bonds is 6. The summed E-state index contributed by atoms with van der Waals surface area (Å²) in [5, 5.41) is 3.30. The van der Waals surface area contributed by atoms with Gasteiger partial charge in [0.15, 0.2) is 0 Å². The fraction of sp³-hybridized carbons (Fsp3) is 0.333. The molecule has 0 fully saturated rings. The van der Waals surface area contributed by atoms with Gasteiger partial charge in [-0.3, -0.25) is 0 Å². The van der Waals surface area contributed by atoms with Crippen LogP contribution in [-0.2, 0) is 6.42 Å². The molecule has 0 heterocycles. The lowest BCUT2D eigenvalue weighted by molar-refractivity contribution is 0.340. The average molecular weight is 287 g/mol. The third kappa shape index (κ3) is 4.05. The Morgan fingerprint density at radius 1 is 1.14 bits per heavy atom. The third-order valence-corrected chi connectivity index (χ3v) is 3.68. The van der Waals surface area contributed by atoms with Gasteiger partial charge < -0.3 is 10.1 Å². The summed E-state index contributed by atoms with van der Waals surface area (Å²) in [5.41, 5.74) is 3.32. The maximum atomic E-state index is 13.4. The summed E-state index contributed by atoms with van der Waals surface area (Å²) in [6, 6.07) is 13.2. The summed E-state index contributed by atoms with van der Waals surface area (Å²) in [6.07, 6.45) is 0.758. The van der Waals surface area contributed by atoms with E-state index in [4.69, 9.17) is 4.74 Å². The Hall–Kier alpha value is -1.87. The van der Waals surface area contributed by atoms with Crippen molar-refractivity contribution in [2.24, 2.45) is 0 Å². The minimum absolute atomic E-state index is 0.154. The molecule has 1 unspecified atom stereocenters. The Labute approximate surface area is 126 Å². The van der Waals surface area contributed by atoms with Crippen LogP contribution in [0.4, 0.5) is 4.39 Å². The molecule has 2 aromatic carbocycles. The highest BCUT2D eigenvalue weighted by molar-refractivity contribution is 5.32. The molecule has 1 N–H and O–H groups in total. The van der Waals surface area contributed by atoms with Gasteiger partial charge in [0.05, 0.1) is 6.61 Å². The van der Waals surface area contributed by atoms with Gasteiger partial charge in [-0.05, 0) is 68.3 Å². The number of ether oxygens (including phenoxy) is 1. The monoisotopic (exact) mass is 287 g/mol. The number of benzene rings is 2. The molecule has 0 saturated carbocycles. The predicted octanol–water partition coefficient (Wildman–Crippen LogP) is 4.04. The number of likely N-dealkylation sites (N-methyl/N-ethyl adjacent to an activating group) is 1. The van der Waals surface area contributed by atoms with Gasteiger partial charge in [0.1, 0.15) is 11.6 Å². The molecule has 112 valence electrons. The van der Waals surface area contributed by atoms with Gasteiger partial charge in [-0.25, -0.2) is 4.39 Å². The van der Waals surface area contributed by atoms with Crippen molar-refractivity contribution >= 4 is 0 Å². The van der Waals surface area contributed by atoms with E-state index < -0.39 is 0 Å². The highest BCUT2D eigenvalue weighted by Gasteiger charge is 2.12. The fourth-order valence-corrected chi connectivity index (χ4v) is 2.43. The fourth-order valence-electron chi connectivity index (χ4n) is 2.43. The lowest BCUT2D eigenvalue weighted by Gasteiger charge is -2.18. The summed E-state index contributed by atoms with van der Waals surface area (Å²) in [5.74, 6) is 0.690. The van der Waals surface area contributed by atoms with Crippen LogP contribution in [0.15, 0.2) is 42.5 Å². The first-order valence-corrected chi connectivity index (χ1v) is 7.29. The van der Waals surface area contributed by atoms with Crippen LogP contribution < -0.4 is 10.1 Å². The van der Waals surface area contributed by atoms with Crippen molar-refractivity contribution in [3.05, 3.63) is 65.0 Å². The summed E-state index contributed by atoms with van der Waals surface area (Å²) in [6.45, 7) is 4.65. The highest BCUT2D eigenvalue weighted by atomic mass is 19.1. The van der Waals surface area contributed by atoms with Gasteiger partial charge in [0.2, 0.25) is 0 Å². The molecule has 0 radical (unpaired) electrons. The molecule has 3 heteroatoms. The lowest BCUT2D eigenvalue weighted by Crippen LogP contribution is -2.19. The second-order valence-electron chi connectivity index (χ2n) is 5.12. The number of nitrogens with one attached hydrogen (secondary N) is 1. The van der Waals surface area contributed by atoms with Crippen molar-refractivity contribution in [3.63, 3.8) is 0 Å². The standard InChI is InChI=1S/C18H22FNO/c1-4-21-17-9-6-14(7-10-17)18(20-3)12-15-11-16(19)8-5-13(15)2/h5-11,18,20H,4,12H2,1-3H3. The van der Waals surface area contributed by atoms with Crippen LogP contribution in [0.3, 0.4) is 0 Å². The van der Waals surface area contributed by atoms with Crippen LogP contribution in [-0.4, -0.2) is 13.7 Å². The Kier molecular flexibility index (Phi) is 5.34. The molecular weight excluding hydrogens is 265 g/mol. The van der Waals surface area contributed by atoms with Crippen LogP contribution in [0.1, 0.15) is 29.7 Å². The second kappa shape index (κ2) is 7.23. The quantitative estimate of drug-likeness (QED) is 0.866. The van der Waals surface area contributed by atoms with Gasteiger partial charge >= 0.3 is 0 Å². The van der Waals surface area contributed by atoms with Crippen molar-refractivity contribution in [3.8, 4) is 5.75 Å². The second-order valence-corrected chi connectivity index (χ2v) is 5.12. The molecule has 0 aliphatic heterocycles. The Morgan fingerprint density at radius 2 is 1.86 bits per heavy atom. The minimum atomic E-state index is -0.183. The van der Waals surface area contributed by atoms with Crippen molar-refractivity contribution in [2.75, 3.05) is 13.7 Å². The molecule has 0 bridgehead atoms. The molecule has 0 aromatic heterocycles. The van der Waals surface area contributed by atoms with Crippen molar-refractivity contribution in [1.82, 2.24) is 5.32 Å². The van der Waals surface area contributed by atoms with Gasteiger partial charge in [-0.2, -0.15) is 0 Å². The molecule has 2 rings (SSSR count). The number of hydrogen-bond acceptors (Lipinski definition) is 2. The van der Waals surface area contributed by atoms with E-state index in [9.17, 15) is 4.39 Å². The van der Waals surface area contributed by atoms with E-state index >= 15 is 0 Å². The van der Waals surface area contributed by atoms with E-state index in [2.05, 4.69) is 17.4 Å². The molecule has 2 aromatic rings. The van der Waals surface area contributed by atoms with E-state index in [1.54, 1.807) is 6.07 Å². The Morgan fingerprint density at radius 3 is 2.48 bits per heavy atom. The maximum Gasteiger partial charge on any atom is 0.123 e. The smallest absolute Gasteiger partial charge is 0.123 e. The summed E-state index contributed by atoms with van der Waals surface area (Å²) < 4.78 is 18.9. The molecule has 0 amide bonds. The van der Waals surface area contributed by atoms with Crippen LogP contribution >= 0.6 is 0 Å². The number of aryl methyl sites for hydroxylation is 1.